The normalized spacial score (nSPS) is 9.71. The average molecular weight is 259 g/mol. The van der Waals surface area contributed by atoms with E-state index < -0.39 is 11.9 Å². The SMILES string of the molecule is O=C(O)CCC(=O)NNOc1ccc(Cl)cc1. The molecule has 1 rings (SSSR count). The molecular weight excluding hydrogens is 248 g/mol. The Bertz CT molecular complexity index is 394. The van der Waals surface area contributed by atoms with Crippen molar-refractivity contribution in [2.24, 2.45) is 0 Å². The lowest BCUT2D eigenvalue weighted by Gasteiger charge is -2.07. The standard InChI is InChI=1S/C10H11ClN2O4/c11-7-1-3-8(4-2-7)17-13-12-9(14)5-6-10(15)16/h1-4,13H,5-6H2,(H,12,14)(H,15,16). The van der Waals surface area contributed by atoms with Crippen LogP contribution in [0.2, 0.25) is 5.02 Å². The Balaban J connectivity index is 2.21. The van der Waals surface area contributed by atoms with Gasteiger partial charge < -0.3 is 9.94 Å². The highest BCUT2D eigenvalue weighted by atomic mass is 35.5. The fraction of sp³-hybridized carbons (Fsp3) is 0.200. The third-order valence-electron chi connectivity index (χ3n) is 1.74. The first-order chi connectivity index (χ1) is 8.08. The topological polar surface area (TPSA) is 87.7 Å². The number of carboxylic acid groups (broad SMARTS) is 1. The lowest BCUT2D eigenvalue weighted by Crippen LogP contribution is -2.39. The molecule has 0 bridgehead atoms. The number of rotatable bonds is 6. The number of aliphatic carboxylic acids is 1. The summed E-state index contributed by atoms with van der Waals surface area (Å²) in [5.74, 6) is -1.03. The first kappa shape index (κ1) is 13.3. The number of amides is 1. The summed E-state index contributed by atoms with van der Waals surface area (Å²) in [5.41, 5.74) is 4.40. The van der Waals surface area contributed by atoms with Crippen LogP contribution in [0, 0.1) is 0 Å². The Morgan fingerprint density at radius 1 is 1.24 bits per heavy atom. The highest BCUT2D eigenvalue weighted by Crippen LogP contribution is 2.14. The molecule has 0 heterocycles. The van der Waals surface area contributed by atoms with E-state index in [0.717, 1.165) is 0 Å². The number of carboxylic acids is 1. The fourth-order valence-corrected chi connectivity index (χ4v) is 1.05. The molecule has 0 atom stereocenters. The van der Waals surface area contributed by atoms with Crippen molar-refractivity contribution < 1.29 is 19.5 Å². The van der Waals surface area contributed by atoms with Crippen molar-refractivity contribution in [3.05, 3.63) is 29.3 Å². The zero-order chi connectivity index (χ0) is 12.7. The van der Waals surface area contributed by atoms with Crippen molar-refractivity contribution >= 4 is 23.5 Å². The molecule has 0 spiro atoms. The minimum Gasteiger partial charge on any atom is -0.481 e. The summed E-state index contributed by atoms with van der Waals surface area (Å²) < 4.78 is 0. The maximum absolute atomic E-state index is 11.1. The van der Waals surface area contributed by atoms with Crippen molar-refractivity contribution in [2.45, 2.75) is 12.8 Å². The van der Waals surface area contributed by atoms with Gasteiger partial charge in [0.25, 0.3) is 0 Å². The molecular formula is C10H11ClN2O4. The zero-order valence-corrected chi connectivity index (χ0v) is 9.53. The molecule has 1 amide bonds. The molecule has 1 aromatic rings. The number of carbonyl (C=O) groups excluding carboxylic acids is 1. The van der Waals surface area contributed by atoms with E-state index in [1.54, 1.807) is 24.3 Å². The third kappa shape index (κ3) is 5.74. The van der Waals surface area contributed by atoms with Crippen molar-refractivity contribution in [3.8, 4) is 5.75 Å². The molecule has 0 unspecified atom stereocenters. The Morgan fingerprint density at radius 3 is 2.47 bits per heavy atom. The van der Waals surface area contributed by atoms with E-state index in [2.05, 4.69) is 11.0 Å². The van der Waals surface area contributed by atoms with Crippen molar-refractivity contribution in [1.29, 1.82) is 0 Å². The second kappa shape index (κ2) is 6.72. The van der Waals surface area contributed by atoms with Gasteiger partial charge in [0.1, 0.15) is 5.75 Å². The zero-order valence-electron chi connectivity index (χ0n) is 8.77. The highest BCUT2D eigenvalue weighted by molar-refractivity contribution is 6.30. The van der Waals surface area contributed by atoms with Crippen LogP contribution in [0.15, 0.2) is 24.3 Å². The summed E-state index contributed by atoms with van der Waals surface area (Å²) in [7, 11) is 0. The molecule has 0 aromatic heterocycles. The smallest absolute Gasteiger partial charge is 0.303 e. The van der Waals surface area contributed by atoms with Crippen LogP contribution in [0.4, 0.5) is 0 Å². The summed E-state index contributed by atoms with van der Waals surface area (Å²) in [4.78, 5) is 26.2. The summed E-state index contributed by atoms with van der Waals surface area (Å²) in [5, 5.41) is 8.92. The van der Waals surface area contributed by atoms with Crippen molar-refractivity contribution in [2.75, 3.05) is 0 Å². The van der Waals surface area contributed by atoms with Crippen LogP contribution in [-0.4, -0.2) is 17.0 Å². The van der Waals surface area contributed by atoms with Gasteiger partial charge in [-0.2, -0.15) is 0 Å². The number of halogens is 1. The van der Waals surface area contributed by atoms with Gasteiger partial charge in [0, 0.05) is 11.4 Å². The van der Waals surface area contributed by atoms with E-state index in [1.807, 2.05) is 0 Å². The van der Waals surface area contributed by atoms with Crippen LogP contribution in [0.1, 0.15) is 12.8 Å². The van der Waals surface area contributed by atoms with Crippen LogP contribution >= 0.6 is 11.6 Å². The van der Waals surface area contributed by atoms with E-state index in [1.165, 1.54) is 0 Å². The molecule has 92 valence electrons. The Morgan fingerprint density at radius 2 is 1.88 bits per heavy atom. The van der Waals surface area contributed by atoms with Crippen LogP contribution < -0.4 is 15.9 Å². The van der Waals surface area contributed by atoms with Gasteiger partial charge in [-0.3, -0.25) is 15.0 Å². The molecule has 0 saturated heterocycles. The lowest BCUT2D eigenvalue weighted by atomic mass is 10.3. The number of hydrogen-bond acceptors (Lipinski definition) is 4. The predicted octanol–water partition coefficient (Wildman–Crippen LogP) is 1.12. The largest absolute Gasteiger partial charge is 0.481 e. The lowest BCUT2D eigenvalue weighted by molar-refractivity contribution is -0.139. The summed E-state index contributed by atoms with van der Waals surface area (Å²) in [6, 6.07) is 6.48. The quantitative estimate of drug-likeness (QED) is 0.666. The van der Waals surface area contributed by atoms with E-state index >= 15 is 0 Å². The molecule has 1 aromatic carbocycles. The van der Waals surface area contributed by atoms with Crippen LogP contribution in [0.5, 0.6) is 5.75 Å². The molecule has 0 aliphatic carbocycles. The van der Waals surface area contributed by atoms with E-state index in [4.69, 9.17) is 21.5 Å². The number of nitrogens with one attached hydrogen (secondary N) is 2. The second-order valence-corrected chi connectivity index (χ2v) is 3.54. The molecule has 0 saturated carbocycles. The molecule has 0 radical (unpaired) electrons. The molecule has 0 aliphatic heterocycles. The van der Waals surface area contributed by atoms with Gasteiger partial charge in [0.15, 0.2) is 0 Å². The molecule has 0 fully saturated rings. The van der Waals surface area contributed by atoms with Gasteiger partial charge in [-0.05, 0) is 24.3 Å². The van der Waals surface area contributed by atoms with Crippen LogP contribution in [0.3, 0.4) is 0 Å². The molecule has 6 nitrogen and oxygen atoms in total. The van der Waals surface area contributed by atoms with Crippen molar-refractivity contribution in [1.82, 2.24) is 11.0 Å². The van der Waals surface area contributed by atoms with Gasteiger partial charge in [0.05, 0.1) is 6.42 Å². The highest BCUT2D eigenvalue weighted by Gasteiger charge is 2.04. The molecule has 0 aliphatic rings. The van der Waals surface area contributed by atoms with Crippen LogP contribution in [-0.2, 0) is 9.59 Å². The fourth-order valence-electron chi connectivity index (χ4n) is 0.927. The first-order valence-electron chi connectivity index (χ1n) is 4.76. The minimum absolute atomic E-state index is 0.119. The van der Waals surface area contributed by atoms with E-state index in [-0.39, 0.29) is 12.8 Å². The molecule has 17 heavy (non-hydrogen) atoms. The maximum atomic E-state index is 11.1. The monoisotopic (exact) mass is 258 g/mol. The Kier molecular flexibility index (Phi) is 5.25. The van der Waals surface area contributed by atoms with Gasteiger partial charge in [-0.1, -0.05) is 17.2 Å². The van der Waals surface area contributed by atoms with Crippen molar-refractivity contribution in [3.63, 3.8) is 0 Å². The number of benzene rings is 1. The van der Waals surface area contributed by atoms with Crippen LogP contribution in [0.25, 0.3) is 0 Å². The Hall–Kier alpha value is -1.79. The third-order valence-corrected chi connectivity index (χ3v) is 1.99. The van der Waals surface area contributed by atoms with Gasteiger partial charge in [0.2, 0.25) is 5.91 Å². The van der Waals surface area contributed by atoms with E-state index in [9.17, 15) is 9.59 Å². The number of hydrogen-bond donors (Lipinski definition) is 3. The summed E-state index contributed by atoms with van der Waals surface area (Å²) in [6.45, 7) is 0. The first-order valence-corrected chi connectivity index (χ1v) is 5.14. The predicted molar refractivity (Wildman–Crippen MR) is 60.2 cm³/mol. The Labute approximate surface area is 102 Å². The average Bonchev–Trinajstić information content (AvgIpc) is 2.29. The van der Waals surface area contributed by atoms with Gasteiger partial charge >= 0.3 is 5.97 Å². The second-order valence-electron chi connectivity index (χ2n) is 3.10. The molecule has 7 heteroatoms. The van der Waals surface area contributed by atoms with Gasteiger partial charge in [-0.25, -0.2) is 0 Å². The minimum atomic E-state index is -1.03. The summed E-state index contributed by atoms with van der Waals surface area (Å²) >= 11 is 5.67. The maximum Gasteiger partial charge on any atom is 0.303 e. The molecule has 3 N–H and O–H groups in total. The number of carbonyl (C=O) groups is 2. The van der Waals surface area contributed by atoms with E-state index in [0.29, 0.717) is 10.8 Å². The number of hydrazine groups is 1. The summed E-state index contributed by atoms with van der Waals surface area (Å²) in [6.07, 6.45) is -0.346. The van der Waals surface area contributed by atoms with Gasteiger partial charge in [-0.15, -0.1) is 0 Å².